The van der Waals surface area contributed by atoms with Gasteiger partial charge in [0.05, 0.1) is 12.2 Å². The van der Waals surface area contributed by atoms with Crippen LogP contribution in [0.1, 0.15) is 18.4 Å². The van der Waals surface area contributed by atoms with Crippen LogP contribution in [0.15, 0.2) is 4.34 Å². The Labute approximate surface area is 91.4 Å². The molecule has 0 aliphatic carbocycles. The van der Waals surface area contributed by atoms with Gasteiger partial charge < -0.3 is 5.73 Å². The van der Waals surface area contributed by atoms with Crippen molar-refractivity contribution in [2.75, 3.05) is 5.75 Å². The largest absolute Gasteiger partial charge is 0.369 e. The van der Waals surface area contributed by atoms with Crippen LogP contribution >= 0.6 is 11.3 Å². The zero-order valence-electron chi connectivity index (χ0n) is 8.13. The van der Waals surface area contributed by atoms with E-state index >= 15 is 0 Å². The van der Waals surface area contributed by atoms with Crippen molar-refractivity contribution in [3.8, 4) is 0 Å². The van der Waals surface area contributed by atoms with Crippen LogP contribution in [0.4, 0.5) is 0 Å². The van der Waals surface area contributed by atoms with Gasteiger partial charge in [0, 0.05) is 0 Å². The number of nitrogens with two attached hydrogens (primary N) is 1. The van der Waals surface area contributed by atoms with Crippen molar-refractivity contribution in [2.24, 2.45) is 5.73 Å². The second-order valence-corrected chi connectivity index (χ2v) is 6.27. The van der Waals surface area contributed by atoms with Gasteiger partial charge in [-0.05, 0) is 6.42 Å². The van der Waals surface area contributed by atoms with Crippen LogP contribution in [0.3, 0.4) is 0 Å². The first-order chi connectivity index (χ1) is 6.95. The molecule has 0 atom stereocenters. The fourth-order valence-corrected chi connectivity index (χ4v) is 3.44. The minimum absolute atomic E-state index is 0.0399. The van der Waals surface area contributed by atoms with E-state index in [1.165, 1.54) is 0 Å². The molecule has 0 aliphatic heterocycles. The summed E-state index contributed by atoms with van der Waals surface area (Å²) in [4.78, 5) is 10.6. The maximum Gasteiger partial charge on any atom is 0.232 e. The minimum Gasteiger partial charge on any atom is -0.369 e. The zero-order valence-corrected chi connectivity index (χ0v) is 9.77. The third kappa shape index (κ3) is 3.24. The summed E-state index contributed by atoms with van der Waals surface area (Å²) in [7, 11) is -3.33. The van der Waals surface area contributed by atoms with Gasteiger partial charge in [0.2, 0.25) is 20.1 Å². The van der Waals surface area contributed by atoms with Crippen molar-refractivity contribution in [3.63, 3.8) is 0 Å². The van der Waals surface area contributed by atoms with Crippen molar-refractivity contribution < 1.29 is 13.2 Å². The number of carbonyl (C=O) groups is 1. The Balaban J connectivity index is 2.89. The summed E-state index contributed by atoms with van der Waals surface area (Å²) in [5.41, 5.74) is 4.95. The van der Waals surface area contributed by atoms with Gasteiger partial charge in [0.25, 0.3) is 0 Å². The van der Waals surface area contributed by atoms with E-state index in [0.29, 0.717) is 11.4 Å². The highest BCUT2D eigenvalue weighted by molar-refractivity contribution is 7.93. The molecule has 1 aromatic heterocycles. The molecule has 1 rings (SSSR count). The molecule has 0 fully saturated rings. The van der Waals surface area contributed by atoms with Gasteiger partial charge in [-0.3, -0.25) is 4.79 Å². The molecular formula is C7H11N3O3S2. The van der Waals surface area contributed by atoms with E-state index in [4.69, 9.17) is 5.73 Å². The first-order valence-electron chi connectivity index (χ1n) is 4.29. The third-order valence-electron chi connectivity index (χ3n) is 1.51. The smallest absolute Gasteiger partial charge is 0.232 e. The molecule has 1 aromatic rings. The monoisotopic (exact) mass is 249 g/mol. The SMILES string of the molecule is CCCS(=O)(=O)c1nnc(CC(N)=O)s1. The number of hydrogen-bond donors (Lipinski definition) is 1. The number of rotatable bonds is 5. The van der Waals surface area contributed by atoms with Crippen LogP contribution in [-0.4, -0.2) is 30.3 Å². The Morgan fingerprint density at radius 3 is 2.67 bits per heavy atom. The highest BCUT2D eigenvalue weighted by atomic mass is 32.2. The second kappa shape index (κ2) is 4.67. The first-order valence-corrected chi connectivity index (χ1v) is 6.76. The number of primary amides is 1. The van der Waals surface area contributed by atoms with E-state index in [-0.39, 0.29) is 16.5 Å². The van der Waals surface area contributed by atoms with Gasteiger partial charge in [0.1, 0.15) is 5.01 Å². The molecule has 6 nitrogen and oxygen atoms in total. The minimum atomic E-state index is -3.33. The maximum absolute atomic E-state index is 11.5. The molecule has 1 heterocycles. The molecule has 0 aliphatic rings. The van der Waals surface area contributed by atoms with E-state index in [9.17, 15) is 13.2 Å². The van der Waals surface area contributed by atoms with Gasteiger partial charge in [-0.1, -0.05) is 18.3 Å². The number of sulfone groups is 1. The Kier molecular flexibility index (Phi) is 3.75. The fraction of sp³-hybridized carbons (Fsp3) is 0.571. The molecule has 0 saturated carbocycles. The fourth-order valence-electron chi connectivity index (χ4n) is 0.940. The zero-order chi connectivity index (χ0) is 11.5. The molecule has 0 bridgehead atoms. The molecule has 0 spiro atoms. The topological polar surface area (TPSA) is 103 Å². The number of carbonyl (C=O) groups excluding carboxylic acids is 1. The predicted molar refractivity (Wildman–Crippen MR) is 55.2 cm³/mol. The molecule has 0 aromatic carbocycles. The first kappa shape index (κ1) is 12.1. The lowest BCUT2D eigenvalue weighted by Gasteiger charge is -1.94. The summed E-state index contributed by atoms with van der Waals surface area (Å²) in [5.74, 6) is -0.510. The van der Waals surface area contributed by atoms with Crippen LogP contribution in [0.25, 0.3) is 0 Å². The molecule has 1 amide bonds. The van der Waals surface area contributed by atoms with Crippen LogP contribution in [0, 0.1) is 0 Å². The molecule has 8 heteroatoms. The summed E-state index contributed by atoms with van der Waals surface area (Å²) >= 11 is 0.897. The van der Waals surface area contributed by atoms with Crippen LogP contribution in [0.2, 0.25) is 0 Å². The highest BCUT2D eigenvalue weighted by Gasteiger charge is 2.19. The van der Waals surface area contributed by atoms with E-state index in [0.717, 1.165) is 11.3 Å². The second-order valence-electron chi connectivity index (χ2n) is 2.92. The highest BCUT2D eigenvalue weighted by Crippen LogP contribution is 2.17. The molecule has 0 saturated heterocycles. The maximum atomic E-state index is 11.5. The van der Waals surface area contributed by atoms with Crippen LogP contribution < -0.4 is 5.73 Å². The van der Waals surface area contributed by atoms with Gasteiger partial charge in [-0.2, -0.15) is 0 Å². The Bertz CT molecular complexity index is 452. The number of nitrogens with zero attached hydrogens (tertiary/aromatic N) is 2. The van der Waals surface area contributed by atoms with Crippen molar-refractivity contribution in [1.29, 1.82) is 0 Å². The molecular weight excluding hydrogens is 238 g/mol. The molecule has 0 unspecified atom stereocenters. The Hall–Kier alpha value is -1.02. The molecule has 84 valence electrons. The summed E-state index contributed by atoms with van der Waals surface area (Å²) in [6, 6.07) is 0. The molecule has 15 heavy (non-hydrogen) atoms. The molecule has 2 N–H and O–H groups in total. The number of amides is 1. The van der Waals surface area contributed by atoms with Crippen molar-refractivity contribution in [2.45, 2.75) is 24.1 Å². The van der Waals surface area contributed by atoms with Crippen molar-refractivity contribution in [1.82, 2.24) is 10.2 Å². The summed E-state index contributed by atoms with van der Waals surface area (Å²) in [6.07, 6.45) is 0.451. The van der Waals surface area contributed by atoms with Crippen molar-refractivity contribution >= 4 is 27.1 Å². The Morgan fingerprint density at radius 1 is 1.47 bits per heavy atom. The van der Waals surface area contributed by atoms with E-state index in [1.807, 2.05) is 0 Å². The predicted octanol–water partition coefficient (Wildman–Crippen LogP) is -0.250. The van der Waals surface area contributed by atoms with Crippen LogP contribution in [0.5, 0.6) is 0 Å². The standard InChI is InChI=1S/C7H11N3O3S2/c1-2-3-15(12,13)7-10-9-6(14-7)4-5(8)11/h2-4H2,1H3,(H2,8,11). The summed E-state index contributed by atoms with van der Waals surface area (Å²) < 4.78 is 23.0. The average molecular weight is 249 g/mol. The Morgan fingerprint density at radius 2 is 2.13 bits per heavy atom. The van der Waals surface area contributed by atoms with E-state index in [2.05, 4.69) is 10.2 Å². The van der Waals surface area contributed by atoms with Gasteiger partial charge in [-0.25, -0.2) is 8.42 Å². The van der Waals surface area contributed by atoms with Gasteiger partial charge in [-0.15, -0.1) is 10.2 Å². The number of hydrogen-bond acceptors (Lipinski definition) is 6. The van der Waals surface area contributed by atoms with Crippen LogP contribution in [-0.2, 0) is 21.1 Å². The third-order valence-corrected chi connectivity index (χ3v) is 4.80. The van der Waals surface area contributed by atoms with Gasteiger partial charge in [0.15, 0.2) is 0 Å². The summed E-state index contributed by atoms with van der Waals surface area (Å²) in [5, 5.41) is 7.46. The van der Waals surface area contributed by atoms with Gasteiger partial charge >= 0.3 is 0 Å². The lowest BCUT2D eigenvalue weighted by atomic mass is 10.4. The van der Waals surface area contributed by atoms with E-state index in [1.54, 1.807) is 6.92 Å². The number of aromatic nitrogens is 2. The normalized spacial score (nSPS) is 11.5. The quantitative estimate of drug-likeness (QED) is 0.775. The lowest BCUT2D eigenvalue weighted by molar-refractivity contribution is -0.117. The lowest BCUT2D eigenvalue weighted by Crippen LogP contribution is -2.13. The van der Waals surface area contributed by atoms with Crippen molar-refractivity contribution in [3.05, 3.63) is 5.01 Å². The average Bonchev–Trinajstić information content (AvgIpc) is 2.51. The summed E-state index contributed by atoms with van der Waals surface area (Å²) in [6.45, 7) is 1.77. The van der Waals surface area contributed by atoms with E-state index < -0.39 is 15.7 Å². The molecule has 0 radical (unpaired) electrons.